The van der Waals surface area contributed by atoms with Crippen LogP contribution in [0.1, 0.15) is 17.3 Å². The third-order valence-electron chi connectivity index (χ3n) is 2.35. The molecule has 0 saturated heterocycles. The summed E-state index contributed by atoms with van der Waals surface area (Å²) in [5.41, 5.74) is 0.665. The summed E-state index contributed by atoms with van der Waals surface area (Å²) in [6.45, 7) is 1.64. The van der Waals surface area contributed by atoms with Crippen molar-refractivity contribution in [2.75, 3.05) is 12.4 Å². The van der Waals surface area contributed by atoms with Crippen molar-refractivity contribution in [1.82, 2.24) is 0 Å². The number of nitrogens with one attached hydrogen (secondary N) is 1. The first-order chi connectivity index (χ1) is 7.63. The molecule has 84 valence electrons. The highest BCUT2D eigenvalue weighted by atomic mass is 16.5. The summed E-state index contributed by atoms with van der Waals surface area (Å²) >= 11 is 0. The van der Waals surface area contributed by atoms with Crippen LogP contribution in [0, 0.1) is 0 Å². The summed E-state index contributed by atoms with van der Waals surface area (Å²) in [5, 5.41) is 2.63. The second-order valence-electron chi connectivity index (χ2n) is 3.42. The predicted octanol–water partition coefficient (Wildman–Crippen LogP) is 1.19. The van der Waals surface area contributed by atoms with E-state index in [9.17, 15) is 9.59 Å². The molecule has 0 fully saturated rings. The fourth-order valence-corrected chi connectivity index (χ4v) is 1.51. The average Bonchev–Trinajstić information content (AvgIpc) is 2.29. The average molecular weight is 221 g/mol. The Labute approximate surface area is 92.4 Å². The molecule has 5 heteroatoms. The van der Waals surface area contributed by atoms with Gasteiger partial charge >= 0.3 is 5.97 Å². The summed E-state index contributed by atoms with van der Waals surface area (Å²) in [6, 6.07) is 4.94. The molecule has 1 N–H and O–H groups in total. The number of hydrogen-bond donors (Lipinski definition) is 1. The molecule has 16 heavy (non-hydrogen) atoms. The standard InChI is InChI=1S/C11H11NO4/c1-6-10(13)12-9-7(11(14)15-2)4-3-5-8(9)16-6/h3-6H,1-2H3,(H,12,13). The van der Waals surface area contributed by atoms with Crippen LogP contribution in [-0.2, 0) is 9.53 Å². The van der Waals surface area contributed by atoms with Crippen LogP contribution in [0.3, 0.4) is 0 Å². The van der Waals surface area contributed by atoms with Gasteiger partial charge in [0, 0.05) is 0 Å². The quantitative estimate of drug-likeness (QED) is 0.723. The van der Waals surface area contributed by atoms with Crippen LogP contribution in [0.5, 0.6) is 5.75 Å². The van der Waals surface area contributed by atoms with Gasteiger partial charge in [-0.3, -0.25) is 4.79 Å². The Morgan fingerprint density at radius 3 is 2.94 bits per heavy atom. The number of esters is 1. The smallest absolute Gasteiger partial charge is 0.340 e. The lowest BCUT2D eigenvalue weighted by Gasteiger charge is -2.24. The van der Waals surface area contributed by atoms with Gasteiger partial charge in [0.05, 0.1) is 18.4 Å². The number of carbonyl (C=O) groups excluding carboxylic acids is 2. The maximum Gasteiger partial charge on any atom is 0.340 e. The monoisotopic (exact) mass is 221 g/mol. The van der Waals surface area contributed by atoms with Crippen LogP contribution in [0.2, 0.25) is 0 Å². The van der Waals surface area contributed by atoms with Gasteiger partial charge in [-0.1, -0.05) is 6.07 Å². The molecular weight excluding hydrogens is 210 g/mol. The Morgan fingerprint density at radius 1 is 1.50 bits per heavy atom. The van der Waals surface area contributed by atoms with Gasteiger partial charge in [-0.05, 0) is 19.1 Å². The van der Waals surface area contributed by atoms with E-state index in [4.69, 9.17) is 4.74 Å². The summed E-state index contributed by atoms with van der Waals surface area (Å²) in [5.74, 6) is -0.297. The van der Waals surface area contributed by atoms with Gasteiger partial charge in [0.25, 0.3) is 5.91 Å². The Hall–Kier alpha value is -2.04. The fraction of sp³-hybridized carbons (Fsp3) is 0.273. The Bertz CT molecular complexity index is 455. The summed E-state index contributed by atoms with van der Waals surface area (Å²) < 4.78 is 9.98. The molecule has 1 unspecified atom stereocenters. The van der Waals surface area contributed by atoms with Crippen molar-refractivity contribution in [3.8, 4) is 5.75 Å². The van der Waals surface area contributed by atoms with Crippen molar-refractivity contribution in [3.05, 3.63) is 23.8 Å². The fourth-order valence-electron chi connectivity index (χ4n) is 1.51. The van der Waals surface area contributed by atoms with Gasteiger partial charge < -0.3 is 14.8 Å². The van der Waals surface area contributed by atoms with Gasteiger partial charge in [0.2, 0.25) is 0 Å². The molecule has 1 aromatic rings. The lowest BCUT2D eigenvalue weighted by atomic mass is 10.1. The Kier molecular flexibility index (Phi) is 2.52. The number of rotatable bonds is 1. The molecule has 1 aromatic carbocycles. The molecule has 5 nitrogen and oxygen atoms in total. The van der Waals surface area contributed by atoms with Crippen molar-refractivity contribution >= 4 is 17.6 Å². The largest absolute Gasteiger partial charge is 0.479 e. The summed E-state index contributed by atoms with van der Waals surface area (Å²) in [7, 11) is 1.29. The Morgan fingerprint density at radius 2 is 2.25 bits per heavy atom. The predicted molar refractivity (Wildman–Crippen MR) is 56.5 cm³/mol. The van der Waals surface area contributed by atoms with E-state index in [1.165, 1.54) is 7.11 Å². The maximum atomic E-state index is 11.4. The molecule has 1 atom stereocenters. The van der Waals surface area contributed by atoms with E-state index in [2.05, 4.69) is 10.1 Å². The van der Waals surface area contributed by atoms with Crippen molar-refractivity contribution < 1.29 is 19.1 Å². The number of ether oxygens (including phenoxy) is 2. The normalized spacial score (nSPS) is 18.1. The van der Waals surface area contributed by atoms with E-state index in [1.807, 2.05) is 0 Å². The van der Waals surface area contributed by atoms with E-state index in [0.29, 0.717) is 17.0 Å². The molecule has 0 radical (unpaired) electrons. The first kappa shape index (κ1) is 10.5. The molecule has 0 aromatic heterocycles. The van der Waals surface area contributed by atoms with Crippen LogP contribution in [0.15, 0.2) is 18.2 Å². The molecule has 0 spiro atoms. The molecule has 0 bridgehead atoms. The second-order valence-corrected chi connectivity index (χ2v) is 3.42. The number of fused-ring (bicyclic) bond motifs is 1. The number of carbonyl (C=O) groups is 2. The van der Waals surface area contributed by atoms with E-state index >= 15 is 0 Å². The summed E-state index contributed by atoms with van der Waals surface area (Å²) in [6.07, 6.45) is -0.555. The van der Waals surface area contributed by atoms with E-state index in [1.54, 1.807) is 25.1 Å². The topological polar surface area (TPSA) is 64.6 Å². The molecule has 0 saturated carbocycles. The summed E-state index contributed by atoms with van der Waals surface area (Å²) in [4.78, 5) is 22.9. The third-order valence-corrected chi connectivity index (χ3v) is 2.35. The number of amides is 1. The first-order valence-electron chi connectivity index (χ1n) is 4.82. The minimum atomic E-state index is -0.555. The number of methoxy groups -OCH3 is 1. The lowest BCUT2D eigenvalue weighted by molar-refractivity contribution is -0.122. The number of hydrogen-bond acceptors (Lipinski definition) is 4. The van der Waals surface area contributed by atoms with Gasteiger partial charge in [-0.25, -0.2) is 4.79 Å². The third kappa shape index (κ3) is 1.60. The molecule has 1 aliphatic heterocycles. The number of anilines is 1. The first-order valence-corrected chi connectivity index (χ1v) is 4.82. The maximum absolute atomic E-state index is 11.4. The molecule has 1 heterocycles. The number of para-hydroxylation sites is 1. The highest BCUT2D eigenvalue weighted by Crippen LogP contribution is 2.33. The van der Waals surface area contributed by atoms with E-state index < -0.39 is 12.1 Å². The SMILES string of the molecule is COC(=O)c1cccc2c1NC(=O)C(C)O2. The minimum absolute atomic E-state index is 0.274. The molecule has 0 aliphatic carbocycles. The van der Waals surface area contributed by atoms with Crippen LogP contribution in [0.25, 0.3) is 0 Å². The molecule has 2 rings (SSSR count). The highest BCUT2D eigenvalue weighted by molar-refractivity contribution is 6.05. The molecular formula is C11H11NO4. The zero-order valence-electron chi connectivity index (χ0n) is 8.94. The molecule has 1 amide bonds. The lowest BCUT2D eigenvalue weighted by Crippen LogP contribution is -2.35. The van der Waals surface area contributed by atoms with Gasteiger partial charge in [-0.15, -0.1) is 0 Å². The van der Waals surface area contributed by atoms with Crippen LogP contribution < -0.4 is 10.1 Å². The van der Waals surface area contributed by atoms with Crippen molar-refractivity contribution in [3.63, 3.8) is 0 Å². The van der Waals surface area contributed by atoms with E-state index in [0.717, 1.165) is 0 Å². The van der Waals surface area contributed by atoms with Crippen LogP contribution >= 0.6 is 0 Å². The Balaban J connectivity index is 2.48. The van der Waals surface area contributed by atoms with Gasteiger partial charge in [-0.2, -0.15) is 0 Å². The molecule has 1 aliphatic rings. The van der Waals surface area contributed by atoms with Gasteiger partial charge in [0.1, 0.15) is 5.75 Å². The van der Waals surface area contributed by atoms with Crippen molar-refractivity contribution in [2.45, 2.75) is 13.0 Å². The van der Waals surface area contributed by atoms with E-state index in [-0.39, 0.29) is 5.91 Å². The van der Waals surface area contributed by atoms with Crippen LogP contribution in [0.4, 0.5) is 5.69 Å². The second kappa shape index (κ2) is 3.84. The van der Waals surface area contributed by atoms with Crippen LogP contribution in [-0.4, -0.2) is 25.1 Å². The zero-order chi connectivity index (χ0) is 11.7. The van der Waals surface area contributed by atoms with Crippen molar-refractivity contribution in [1.29, 1.82) is 0 Å². The number of benzene rings is 1. The van der Waals surface area contributed by atoms with Crippen molar-refractivity contribution in [2.24, 2.45) is 0 Å². The zero-order valence-corrected chi connectivity index (χ0v) is 8.94. The van der Waals surface area contributed by atoms with Gasteiger partial charge in [0.15, 0.2) is 6.10 Å². The highest BCUT2D eigenvalue weighted by Gasteiger charge is 2.27. The minimum Gasteiger partial charge on any atom is -0.479 e.